The Hall–Kier alpha value is -3.56. The summed E-state index contributed by atoms with van der Waals surface area (Å²) >= 11 is 7.20. The Bertz CT molecular complexity index is 1190. The second-order valence-corrected chi connectivity index (χ2v) is 7.21. The number of nitrogens with one attached hydrogen (secondary N) is 1. The highest BCUT2D eigenvalue weighted by molar-refractivity contribution is 7.14. The van der Waals surface area contributed by atoms with Crippen molar-refractivity contribution in [2.75, 3.05) is 5.32 Å². The zero-order valence-corrected chi connectivity index (χ0v) is 16.2. The third kappa shape index (κ3) is 4.15. The molecule has 4 rings (SSSR count). The molecule has 10 heteroatoms. The number of hydrogen-bond donors (Lipinski definition) is 1. The van der Waals surface area contributed by atoms with Crippen LogP contribution in [0.3, 0.4) is 0 Å². The number of nitro groups is 1. The topological polar surface area (TPSA) is 103 Å². The lowest BCUT2D eigenvalue weighted by Gasteiger charge is -2.01. The predicted octanol–water partition coefficient (Wildman–Crippen LogP) is 4.81. The number of carbonyl (C=O) groups excluding carboxylic acids is 1. The summed E-state index contributed by atoms with van der Waals surface area (Å²) in [5.41, 5.74) is 2.42. The maximum Gasteiger partial charge on any atom is 0.277 e. The van der Waals surface area contributed by atoms with Crippen molar-refractivity contribution >= 4 is 39.7 Å². The van der Waals surface area contributed by atoms with Crippen LogP contribution in [0.25, 0.3) is 16.9 Å². The molecule has 2 heterocycles. The molecular formula is C19H12ClN5O3S. The number of nitrogens with zero attached hydrogens (tertiary/aromatic N) is 4. The van der Waals surface area contributed by atoms with Crippen LogP contribution < -0.4 is 5.32 Å². The predicted molar refractivity (Wildman–Crippen MR) is 111 cm³/mol. The summed E-state index contributed by atoms with van der Waals surface area (Å²) in [7, 11) is 0. The van der Waals surface area contributed by atoms with Gasteiger partial charge in [0.05, 0.1) is 16.3 Å². The first-order chi connectivity index (χ1) is 14.0. The van der Waals surface area contributed by atoms with Gasteiger partial charge in [0.2, 0.25) is 0 Å². The molecule has 1 N–H and O–H groups in total. The zero-order chi connectivity index (χ0) is 20.4. The molecule has 0 saturated heterocycles. The largest absolute Gasteiger partial charge is 0.296 e. The lowest BCUT2D eigenvalue weighted by molar-refractivity contribution is -0.384. The van der Waals surface area contributed by atoms with E-state index in [0.717, 1.165) is 11.3 Å². The summed E-state index contributed by atoms with van der Waals surface area (Å²) in [5, 5.41) is 20.6. The minimum absolute atomic E-state index is 0.0147. The van der Waals surface area contributed by atoms with Crippen molar-refractivity contribution in [3.8, 4) is 16.9 Å². The van der Waals surface area contributed by atoms with Crippen LogP contribution >= 0.6 is 22.9 Å². The minimum atomic E-state index is -0.474. The fourth-order valence-corrected chi connectivity index (χ4v) is 3.40. The van der Waals surface area contributed by atoms with E-state index in [-0.39, 0.29) is 11.4 Å². The number of nitro benzene ring substituents is 1. The van der Waals surface area contributed by atoms with Crippen LogP contribution in [-0.4, -0.2) is 25.6 Å². The molecule has 1 amide bonds. The van der Waals surface area contributed by atoms with Crippen molar-refractivity contribution in [2.24, 2.45) is 0 Å². The van der Waals surface area contributed by atoms with Crippen LogP contribution in [0.15, 0.2) is 66.2 Å². The number of aromatic nitrogens is 3. The molecule has 0 unspecified atom stereocenters. The number of carbonyl (C=O) groups is 1. The summed E-state index contributed by atoms with van der Waals surface area (Å²) in [4.78, 5) is 27.1. The molecule has 144 valence electrons. The van der Waals surface area contributed by atoms with Gasteiger partial charge in [0.15, 0.2) is 10.8 Å². The van der Waals surface area contributed by atoms with Gasteiger partial charge in [-0.25, -0.2) is 9.67 Å². The maximum atomic E-state index is 12.5. The van der Waals surface area contributed by atoms with Crippen LogP contribution in [0.5, 0.6) is 0 Å². The van der Waals surface area contributed by atoms with E-state index in [2.05, 4.69) is 15.4 Å². The van der Waals surface area contributed by atoms with Crippen molar-refractivity contribution in [1.29, 1.82) is 0 Å². The molecule has 0 atom stereocenters. The van der Waals surface area contributed by atoms with Gasteiger partial charge in [-0.2, -0.15) is 5.10 Å². The third-order valence-corrected chi connectivity index (χ3v) is 5.02. The van der Waals surface area contributed by atoms with Crippen LogP contribution in [0.1, 0.15) is 10.5 Å². The first-order valence-corrected chi connectivity index (χ1v) is 9.59. The van der Waals surface area contributed by atoms with Gasteiger partial charge in [0.25, 0.3) is 11.6 Å². The Labute approximate surface area is 173 Å². The van der Waals surface area contributed by atoms with Gasteiger partial charge in [-0.15, -0.1) is 11.3 Å². The summed E-state index contributed by atoms with van der Waals surface area (Å²) in [6, 6.07) is 14.7. The van der Waals surface area contributed by atoms with Crippen molar-refractivity contribution in [1.82, 2.24) is 14.8 Å². The smallest absolute Gasteiger partial charge is 0.277 e. The van der Waals surface area contributed by atoms with Crippen molar-refractivity contribution in [3.05, 3.63) is 87.0 Å². The Morgan fingerprint density at radius 2 is 1.83 bits per heavy atom. The molecule has 0 radical (unpaired) electrons. The molecule has 0 spiro atoms. The Kier molecular flexibility index (Phi) is 5.07. The molecule has 29 heavy (non-hydrogen) atoms. The molecule has 4 aromatic rings. The monoisotopic (exact) mass is 425 g/mol. The SMILES string of the molecule is O=C(Nc1nc(-c2ccc(Cl)cc2)cs1)c1ccn(-c2ccc([N+](=O)[O-])cc2)n1. The van der Waals surface area contributed by atoms with Gasteiger partial charge in [-0.3, -0.25) is 20.2 Å². The molecule has 0 fully saturated rings. The van der Waals surface area contributed by atoms with E-state index in [1.807, 2.05) is 17.5 Å². The summed E-state index contributed by atoms with van der Waals surface area (Å²) < 4.78 is 1.47. The first-order valence-electron chi connectivity index (χ1n) is 8.33. The van der Waals surface area contributed by atoms with Crippen molar-refractivity contribution in [2.45, 2.75) is 0 Å². The summed E-state index contributed by atoms with van der Waals surface area (Å²) in [6.45, 7) is 0. The average molecular weight is 426 g/mol. The highest BCUT2D eigenvalue weighted by atomic mass is 35.5. The highest BCUT2D eigenvalue weighted by Crippen LogP contribution is 2.26. The van der Waals surface area contributed by atoms with Gasteiger partial charge < -0.3 is 0 Å². The van der Waals surface area contributed by atoms with Gasteiger partial charge in [-0.05, 0) is 30.3 Å². The average Bonchev–Trinajstić information content (AvgIpc) is 3.38. The second kappa shape index (κ2) is 7.82. The standard InChI is InChI=1S/C19H12ClN5O3S/c20-13-3-1-12(2-4-13)17-11-29-19(21-17)22-18(26)16-9-10-24(23-16)14-5-7-15(8-6-14)25(27)28/h1-11H,(H,21,22,26). The zero-order valence-electron chi connectivity index (χ0n) is 14.7. The Morgan fingerprint density at radius 3 is 2.52 bits per heavy atom. The minimum Gasteiger partial charge on any atom is -0.296 e. The first kappa shape index (κ1) is 18.8. The molecular weight excluding hydrogens is 414 g/mol. The number of hydrogen-bond acceptors (Lipinski definition) is 6. The van der Waals surface area contributed by atoms with Gasteiger partial charge in [0.1, 0.15) is 0 Å². The number of anilines is 1. The molecule has 2 aromatic heterocycles. The fraction of sp³-hybridized carbons (Fsp3) is 0. The number of halogens is 1. The number of rotatable bonds is 5. The lowest BCUT2D eigenvalue weighted by atomic mass is 10.2. The molecule has 0 saturated carbocycles. The Morgan fingerprint density at radius 1 is 1.10 bits per heavy atom. The van der Waals surface area contributed by atoms with E-state index in [1.54, 1.807) is 36.5 Å². The second-order valence-electron chi connectivity index (χ2n) is 5.92. The normalized spacial score (nSPS) is 10.7. The van der Waals surface area contributed by atoms with E-state index < -0.39 is 10.8 Å². The number of benzene rings is 2. The van der Waals surface area contributed by atoms with E-state index >= 15 is 0 Å². The molecule has 0 aliphatic carbocycles. The van der Waals surface area contributed by atoms with E-state index in [0.29, 0.717) is 15.8 Å². The van der Waals surface area contributed by atoms with Crippen LogP contribution in [0.2, 0.25) is 5.02 Å². The van der Waals surface area contributed by atoms with Crippen molar-refractivity contribution in [3.63, 3.8) is 0 Å². The number of thiazole rings is 1. The van der Waals surface area contributed by atoms with Crippen LogP contribution in [-0.2, 0) is 0 Å². The molecule has 0 aliphatic rings. The quantitative estimate of drug-likeness (QED) is 0.365. The molecule has 0 bridgehead atoms. The fourth-order valence-electron chi connectivity index (χ4n) is 2.56. The maximum absolute atomic E-state index is 12.5. The molecule has 0 aliphatic heterocycles. The third-order valence-electron chi connectivity index (χ3n) is 4.01. The molecule has 2 aromatic carbocycles. The van der Waals surface area contributed by atoms with Gasteiger partial charge in [-0.1, -0.05) is 23.7 Å². The lowest BCUT2D eigenvalue weighted by Crippen LogP contribution is -2.13. The number of non-ortho nitro benzene ring substituents is 1. The summed E-state index contributed by atoms with van der Waals surface area (Å²) in [6.07, 6.45) is 1.61. The van der Waals surface area contributed by atoms with Crippen LogP contribution in [0, 0.1) is 10.1 Å². The van der Waals surface area contributed by atoms with E-state index in [1.165, 1.54) is 28.2 Å². The Balaban J connectivity index is 1.47. The van der Waals surface area contributed by atoms with E-state index in [4.69, 9.17) is 11.6 Å². The van der Waals surface area contributed by atoms with Crippen molar-refractivity contribution < 1.29 is 9.72 Å². The van der Waals surface area contributed by atoms with Gasteiger partial charge in [0, 0.05) is 34.3 Å². The highest BCUT2D eigenvalue weighted by Gasteiger charge is 2.14. The van der Waals surface area contributed by atoms with Gasteiger partial charge >= 0.3 is 0 Å². The van der Waals surface area contributed by atoms with E-state index in [9.17, 15) is 14.9 Å². The van der Waals surface area contributed by atoms with Crippen LogP contribution in [0.4, 0.5) is 10.8 Å². The molecule has 8 nitrogen and oxygen atoms in total. The number of amides is 1. The summed E-state index contributed by atoms with van der Waals surface area (Å²) in [5.74, 6) is -0.400.